The first-order valence-electron chi connectivity index (χ1n) is 6.55. The predicted molar refractivity (Wildman–Crippen MR) is 70.9 cm³/mol. The number of nitrogens with zero attached hydrogens (tertiary/aromatic N) is 4. The van der Waals surface area contributed by atoms with Crippen LogP contribution in [0.3, 0.4) is 0 Å². The molecule has 0 N–H and O–H groups in total. The van der Waals surface area contributed by atoms with Crippen molar-refractivity contribution in [3.8, 4) is 0 Å². The minimum atomic E-state index is -4.52. The number of carbonyl (C=O) groups is 1. The third-order valence-corrected chi connectivity index (χ3v) is 3.24. The van der Waals surface area contributed by atoms with Crippen LogP contribution < -0.4 is 0 Å². The minimum Gasteiger partial charge on any atom is -0.358 e. The summed E-state index contributed by atoms with van der Waals surface area (Å²) in [7, 11) is 0. The fourth-order valence-electron chi connectivity index (χ4n) is 1.78. The van der Waals surface area contributed by atoms with Gasteiger partial charge in [0.25, 0.3) is 0 Å². The maximum atomic E-state index is 12.6. The van der Waals surface area contributed by atoms with Crippen LogP contribution in [0.15, 0.2) is 12.3 Å². The van der Waals surface area contributed by atoms with E-state index in [0.29, 0.717) is 0 Å². The van der Waals surface area contributed by atoms with Gasteiger partial charge in [0.05, 0.1) is 17.4 Å². The highest BCUT2D eigenvalue weighted by atomic mass is 19.4. The van der Waals surface area contributed by atoms with Crippen molar-refractivity contribution in [1.82, 2.24) is 14.7 Å². The van der Waals surface area contributed by atoms with Gasteiger partial charge in [-0.25, -0.2) is 0 Å². The summed E-state index contributed by atoms with van der Waals surface area (Å²) in [6.07, 6.45) is -3.34. The first-order valence-corrected chi connectivity index (χ1v) is 6.55. The zero-order valence-corrected chi connectivity index (χ0v) is 12.4. The van der Waals surface area contributed by atoms with Gasteiger partial charge < -0.3 is 15.0 Å². The van der Waals surface area contributed by atoms with Crippen molar-refractivity contribution in [2.45, 2.75) is 39.5 Å². The van der Waals surface area contributed by atoms with Gasteiger partial charge in [-0.15, -0.1) is 0 Å². The Morgan fingerprint density at radius 2 is 2.05 bits per heavy atom. The Morgan fingerprint density at radius 3 is 2.45 bits per heavy atom. The van der Waals surface area contributed by atoms with E-state index < -0.39 is 42.0 Å². The molecule has 10 heteroatoms. The highest BCUT2D eigenvalue weighted by Gasteiger charge is 2.36. The third kappa shape index (κ3) is 5.01. The van der Waals surface area contributed by atoms with Gasteiger partial charge in [-0.2, -0.15) is 17.9 Å². The molecule has 1 rings (SSSR count). The largest absolute Gasteiger partial charge is 0.406 e. The van der Waals surface area contributed by atoms with Crippen LogP contribution in [0.1, 0.15) is 20.8 Å². The lowest BCUT2D eigenvalue weighted by molar-refractivity contribution is -0.389. The number of hydrogen-bond donors (Lipinski definition) is 0. The molecule has 0 aromatic carbocycles. The normalized spacial score (nSPS) is 13.2. The number of amides is 1. The quantitative estimate of drug-likeness (QED) is 0.594. The summed E-state index contributed by atoms with van der Waals surface area (Å²) < 4.78 is 38.9. The van der Waals surface area contributed by atoms with Crippen molar-refractivity contribution >= 4 is 11.7 Å². The summed E-state index contributed by atoms with van der Waals surface area (Å²) in [5, 5.41) is 14.0. The zero-order valence-electron chi connectivity index (χ0n) is 12.4. The molecule has 1 atom stereocenters. The Balaban J connectivity index is 2.88. The molecule has 1 aromatic heterocycles. The molecule has 0 spiro atoms. The monoisotopic (exact) mass is 322 g/mol. The van der Waals surface area contributed by atoms with Gasteiger partial charge in [0.2, 0.25) is 5.91 Å². The first kappa shape index (κ1) is 17.9. The average Bonchev–Trinajstić information content (AvgIpc) is 2.82. The lowest BCUT2D eigenvalue weighted by Crippen LogP contribution is -2.47. The van der Waals surface area contributed by atoms with Gasteiger partial charge in [-0.3, -0.25) is 4.79 Å². The summed E-state index contributed by atoms with van der Waals surface area (Å²) in [6.45, 7) is 3.09. The molecule has 0 aliphatic heterocycles. The van der Waals surface area contributed by atoms with Crippen LogP contribution in [0.25, 0.3) is 0 Å². The maximum Gasteiger partial charge on any atom is 0.406 e. The molecule has 1 aromatic rings. The molecule has 0 aliphatic carbocycles. The van der Waals surface area contributed by atoms with E-state index in [4.69, 9.17) is 0 Å². The number of halogens is 3. The van der Waals surface area contributed by atoms with Gasteiger partial charge >= 0.3 is 12.0 Å². The zero-order chi connectivity index (χ0) is 17.1. The highest BCUT2D eigenvalue weighted by molar-refractivity contribution is 5.76. The lowest BCUT2D eigenvalue weighted by Gasteiger charge is -2.32. The van der Waals surface area contributed by atoms with E-state index in [9.17, 15) is 28.1 Å². The van der Waals surface area contributed by atoms with Crippen LogP contribution in [0.2, 0.25) is 0 Å². The molecule has 0 fully saturated rings. The molecule has 0 unspecified atom stereocenters. The Morgan fingerprint density at radius 1 is 1.45 bits per heavy atom. The topological polar surface area (TPSA) is 81.3 Å². The maximum absolute atomic E-state index is 12.6. The van der Waals surface area contributed by atoms with Crippen molar-refractivity contribution in [1.29, 1.82) is 0 Å². The summed E-state index contributed by atoms with van der Waals surface area (Å²) in [6, 6.07) is 0.451. The predicted octanol–water partition coefficient (Wildman–Crippen LogP) is 2.23. The fraction of sp³-hybridized carbons (Fsp3) is 0.667. The Bertz CT molecular complexity index is 542. The standard InChI is InChI=1S/C12H17F3N4O3/c1-8(2)9(3)18(7-12(13,14)15)11(20)6-17-5-4-10(16-17)19(21)22/h4-5,8-9H,6-7H2,1-3H3/t9-/m0/s1. The smallest absolute Gasteiger partial charge is 0.358 e. The number of carbonyl (C=O) groups excluding carboxylic acids is 1. The number of hydrogen-bond acceptors (Lipinski definition) is 4. The third-order valence-electron chi connectivity index (χ3n) is 3.24. The molecule has 1 amide bonds. The van der Waals surface area contributed by atoms with E-state index in [1.165, 1.54) is 13.1 Å². The molecule has 22 heavy (non-hydrogen) atoms. The summed E-state index contributed by atoms with van der Waals surface area (Å²) in [5.74, 6) is -1.43. The van der Waals surface area contributed by atoms with E-state index in [-0.39, 0.29) is 5.92 Å². The van der Waals surface area contributed by atoms with Crippen LogP contribution in [0.4, 0.5) is 19.0 Å². The second-order valence-electron chi connectivity index (χ2n) is 5.25. The van der Waals surface area contributed by atoms with E-state index in [2.05, 4.69) is 5.10 Å². The van der Waals surface area contributed by atoms with E-state index >= 15 is 0 Å². The molecule has 0 aliphatic rings. The molecule has 7 nitrogen and oxygen atoms in total. The van der Waals surface area contributed by atoms with E-state index in [1.54, 1.807) is 13.8 Å². The Kier molecular flexibility index (Phi) is 5.50. The summed E-state index contributed by atoms with van der Waals surface area (Å²) in [5.41, 5.74) is 0. The average molecular weight is 322 g/mol. The van der Waals surface area contributed by atoms with Crippen LogP contribution in [0, 0.1) is 16.0 Å². The van der Waals surface area contributed by atoms with Gasteiger partial charge in [0.1, 0.15) is 13.1 Å². The van der Waals surface area contributed by atoms with Crippen molar-refractivity contribution in [3.05, 3.63) is 22.4 Å². The number of nitro groups is 1. The second kappa shape index (κ2) is 6.75. The molecular formula is C12H17F3N4O3. The van der Waals surface area contributed by atoms with Gasteiger partial charge in [-0.1, -0.05) is 13.8 Å². The second-order valence-corrected chi connectivity index (χ2v) is 5.25. The lowest BCUT2D eigenvalue weighted by atomic mass is 10.0. The van der Waals surface area contributed by atoms with Gasteiger partial charge in [0, 0.05) is 6.04 Å². The summed E-state index contributed by atoms with van der Waals surface area (Å²) >= 11 is 0. The molecular weight excluding hydrogens is 305 g/mol. The van der Waals surface area contributed by atoms with Crippen molar-refractivity contribution in [3.63, 3.8) is 0 Å². The molecule has 0 radical (unpaired) electrons. The first-order chi connectivity index (χ1) is 10.0. The van der Waals surface area contributed by atoms with Gasteiger partial charge in [0.15, 0.2) is 0 Å². The van der Waals surface area contributed by atoms with Crippen molar-refractivity contribution < 1.29 is 22.9 Å². The minimum absolute atomic E-state index is 0.168. The van der Waals surface area contributed by atoms with Crippen molar-refractivity contribution in [2.24, 2.45) is 5.92 Å². The number of alkyl halides is 3. The van der Waals surface area contributed by atoms with Crippen LogP contribution in [-0.4, -0.2) is 44.3 Å². The molecule has 124 valence electrons. The van der Waals surface area contributed by atoms with E-state index in [1.807, 2.05) is 0 Å². The fourth-order valence-corrected chi connectivity index (χ4v) is 1.78. The summed E-state index contributed by atoms with van der Waals surface area (Å²) in [4.78, 5) is 22.6. The molecule has 0 saturated heterocycles. The van der Waals surface area contributed by atoms with Crippen LogP contribution in [-0.2, 0) is 11.3 Å². The SMILES string of the molecule is CC(C)[C@H](C)N(CC(F)(F)F)C(=O)Cn1ccc([N+](=O)[O-])n1. The highest BCUT2D eigenvalue weighted by Crippen LogP contribution is 2.21. The van der Waals surface area contributed by atoms with Gasteiger partial charge in [-0.05, 0) is 17.8 Å². The van der Waals surface area contributed by atoms with Crippen molar-refractivity contribution in [2.75, 3.05) is 6.54 Å². The number of aromatic nitrogens is 2. The Hall–Kier alpha value is -2.13. The van der Waals surface area contributed by atoms with Crippen LogP contribution >= 0.6 is 0 Å². The molecule has 0 saturated carbocycles. The molecule has 0 bridgehead atoms. The van der Waals surface area contributed by atoms with Crippen LogP contribution in [0.5, 0.6) is 0 Å². The molecule has 1 heterocycles. The van der Waals surface area contributed by atoms with E-state index in [0.717, 1.165) is 15.6 Å². The number of rotatable bonds is 6. The Labute approximate surface area is 124 Å².